The molecule has 1 aliphatic rings. The van der Waals surface area contributed by atoms with Gasteiger partial charge in [0.15, 0.2) is 6.29 Å². The predicted octanol–water partition coefficient (Wildman–Crippen LogP) is 0.270. The average Bonchev–Trinajstić information content (AvgIpc) is 2.74. The third-order valence-electron chi connectivity index (χ3n) is 2.76. The molecule has 1 N–H and O–H groups in total. The molecule has 1 fully saturated rings. The van der Waals surface area contributed by atoms with Crippen LogP contribution >= 0.6 is 0 Å². The number of pyridine rings is 1. The number of aldehydes is 1. The van der Waals surface area contributed by atoms with Gasteiger partial charge in [-0.2, -0.15) is 0 Å². The van der Waals surface area contributed by atoms with E-state index in [0.717, 1.165) is 25.8 Å². The van der Waals surface area contributed by atoms with Gasteiger partial charge in [-0.05, 0) is 31.5 Å². The molecule has 1 atom stereocenters. The van der Waals surface area contributed by atoms with Gasteiger partial charge < -0.3 is 9.88 Å². The lowest BCUT2D eigenvalue weighted by Crippen LogP contribution is -2.24. The maximum Gasteiger partial charge on any atom is 0.250 e. The van der Waals surface area contributed by atoms with E-state index in [4.69, 9.17) is 0 Å². The molecule has 1 saturated heterocycles. The molecule has 1 aliphatic heterocycles. The van der Waals surface area contributed by atoms with Gasteiger partial charge in [-0.1, -0.05) is 0 Å². The highest BCUT2D eigenvalue weighted by Gasteiger charge is 2.15. The van der Waals surface area contributed by atoms with Crippen LogP contribution in [-0.4, -0.2) is 23.9 Å². The molecular weight excluding hydrogens is 192 g/mol. The standard InChI is InChI=1S/C11H14N2O2/c14-8-10-1-2-11(15)13(7-10)6-9-3-4-12-5-9/h1-2,7-9,12H,3-6H2. The van der Waals surface area contributed by atoms with Crippen LogP contribution in [0.25, 0.3) is 0 Å². The number of nitrogens with one attached hydrogen (secondary N) is 1. The van der Waals surface area contributed by atoms with Crippen LogP contribution in [0.2, 0.25) is 0 Å². The Kier molecular flexibility index (Phi) is 2.97. The van der Waals surface area contributed by atoms with Gasteiger partial charge in [-0.25, -0.2) is 0 Å². The molecule has 0 amide bonds. The van der Waals surface area contributed by atoms with Crippen LogP contribution < -0.4 is 10.9 Å². The largest absolute Gasteiger partial charge is 0.316 e. The summed E-state index contributed by atoms with van der Waals surface area (Å²) in [4.78, 5) is 22.1. The monoisotopic (exact) mass is 206 g/mol. The van der Waals surface area contributed by atoms with Crippen molar-refractivity contribution in [2.75, 3.05) is 13.1 Å². The van der Waals surface area contributed by atoms with E-state index in [1.807, 2.05) is 0 Å². The van der Waals surface area contributed by atoms with Crippen molar-refractivity contribution < 1.29 is 4.79 Å². The number of rotatable bonds is 3. The number of carbonyl (C=O) groups is 1. The molecule has 1 aromatic heterocycles. The Morgan fingerprint density at radius 2 is 2.40 bits per heavy atom. The van der Waals surface area contributed by atoms with Crippen LogP contribution in [0.3, 0.4) is 0 Å². The summed E-state index contributed by atoms with van der Waals surface area (Å²) in [5.74, 6) is 0.504. The minimum atomic E-state index is -0.0347. The van der Waals surface area contributed by atoms with Crippen molar-refractivity contribution in [2.45, 2.75) is 13.0 Å². The molecule has 0 spiro atoms. The average molecular weight is 206 g/mol. The zero-order valence-corrected chi connectivity index (χ0v) is 8.48. The van der Waals surface area contributed by atoms with E-state index >= 15 is 0 Å². The fraction of sp³-hybridized carbons (Fsp3) is 0.455. The Hall–Kier alpha value is -1.42. The number of hydrogen-bond donors (Lipinski definition) is 1. The van der Waals surface area contributed by atoms with Gasteiger partial charge in [0, 0.05) is 24.4 Å². The number of aromatic nitrogens is 1. The van der Waals surface area contributed by atoms with Crippen molar-refractivity contribution in [1.82, 2.24) is 9.88 Å². The van der Waals surface area contributed by atoms with Gasteiger partial charge in [0.2, 0.25) is 0 Å². The zero-order chi connectivity index (χ0) is 10.7. The van der Waals surface area contributed by atoms with Crippen LogP contribution in [0.1, 0.15) is 16.8 Å². The van der Waals surface area contributed by atoms with Crippen LogP contribution in [0.15, 0.2) is 23.1 Å². The van der Waals surface area contributed by atoms with Gasteiger partial charge in [0.05, 0.1) is 0 Å². The molecule has 4 heteroatoms. The lowest BCUT2D eigenvalue weighted by Gasteiger charge is -2.10. The smallest absolute Gasteiger partial charge is 0.250 e. The number of hydrogen-bond acceptors (Lipinski definition) is 3. The summed E-state index contributed by atoms with van der Waals surface area (Å²) >= 11 is 0. The fourth-order valence-corrected chi connectivity index (χ4v) is 1.91. The van der Waals surface area contributed by atoms with Crippen molar-refractivity contribution in [2.24, 2.45) is 5.92 Å². The molecule has 0 saturated carbocycles. The molecule has 80 valence electrons. The third-order valence-corrected chi connectivity index (χ3v) is 2.76. The lowest BCUT2D eigenvalue weighted by atomic mass is 10.1. The summed E-state index contributed by atoms with van der Waals surface area (Å²) in [5, 5.41) is 3.26. The molecule has 1 aromatic rings. The van der Waals surface area contributed by atoms with E-state index in [2.05, 4.69) is 5.32 Å². The van der Waals surface area contributed by atoms with Crippen molar-refractivity contribution >= 4 is 6.29 Å². The molecule has 0 aromatic carbocycles. The van der Waals surface area contributed by atoms with E-state index in [9.17, 15) is 9.59 Å². The molecular formula is C11H14N2O2. The van der Waals surface area contributed by atoms with Crippen molar-refractivity contribution in [3.05, 3.63) is 34.2 Å². The van der Waals surface area contributed by atoms with Gasteiger partial charge in [0.1, 0.15) is 0 Å². The van der Waals surface area contributed by atoms with Crippen LogP contribution in [0.5, 0.6) is 0 Å². The zero-order valence-electron chi connectivity index (χ0n) is 8.48. The second-order valence-electron chi connectivity index (χ2n) is 3.93. The second kappa shape index (κ2) is 4.40. The second-order valence-corrected chi connectivity index (χ2v) is 3.93. The summed E-state index contributed by atoms with van der Waals surface area (Å²) < 4.78 is 1.63. The first-order chi connectivity index (χ1) is 7.29. The normalized spacial score (nSPS) is 20.4. The lowest BCUT2D eigenvalue weighted by molar-refractivity contribution is 0.112. The minimum absolute atomic E-state index is 0.0347. The van der Waals surface area contributed by atoms with Crippen molar-refractivity contribution in [3.63, 3.8) is 0 Å². The highest BCUT2D eigenvalue weighted by atomic mass is 16.1. The van der Waals surface area contributed by atoms with E-state index in [1.54, 1.807) is 16.8 Å². The molecule has 2 heterocycles. The van der Waals surface area contributed by atoms with Gasteiger partial charge in [0.25, 0.3) is 5.56 Å². The minimum Gasteiger partial charge on any atom is -0.316 e. The molecule has 15 heavy (non-hydrogen) atoms. The number of nitrogens with zero attached hydrogens (tertiary/aromatic N) is 1. The van der Waals surface area contributed by atoms with Crippen LogP contribution in [0, 0.1) is 5.92 Å². The summed E-state index contributed by atoms with van der Waals surface area (Å²) in [6.45, 7) is 2.68. The van der Waals surface area contributed by atoms with E-state index in [1.165, 1.54) is 6.07 Å². The Labute approximate surface area is 87.9 Å². The van der Waals surface area contributed by atoms with Crippen molar-refractivity contribution in [1.29, 1.82) is 0 Å². The summed E-state index contributed by atoms with van der Waals surface area (Å²) in [6.07, 6.45) is 3.49. The summed E-state index contributed by atoms with van der Waals surface area (Å²) in [7, 11) is 0. The fourth-order valence-electron chi connectivity index (χ4n) is 1.91. The molecule has 0 bridgehead atoms. The van der Waals surface area contributed by atoms with E-state index in [0.29, 0.717) is 18.0 Å². The number of carbonyl (C=O) groups excluding carboxylic acids is 1. The molecule has 4 nitrogen and oxygen atoms in total. The Balaban J connectivity index is 2.18. The predicted molar refractivity (Wildman–Crippen MR) is 57.1 cm³/mol. The molecule has 0 aliphatic carbocycles. The first kappa shape index (κ1) is 10.1. The Morgan fingerprint density at radius 3 is 3.07 bits per heavy atom. The van der Waals surface area contributed by atoms with Crippen molar-refractivity contribution in [3.8, 4) is 0 Å². The van der Waals surface area contributed by atoms with Gasteiger partial charge in [-0.3, -0.25) is 9.59 Å². The highest BCUT2D eigenvalue weighted by molar-refractivity contribution is 5.73. The van der Waals surface area contributed by atoms with Crippen LogP contribution in [0.4, 0.5) is 0 Å². The van der Waals surface area contributed by atoms with E-state index < -0.39 is 0 Å². The first-order valence-corrected chi connectivity index (χ1v) is 5.16. The quantitative estimate of drug-likeness (QED) is 0.722. The summed E-state index contributed by atoms with van der Waals surface area (Å²) in [5.41, 5.74) is 0.521. The highest BCUT2D eigenvalue weighted by Crippen LogP contribution is 2.09. The van der Waals surface area contributed by atoms with E-state index in [-0.39, 0.29) is 5.56 Å². The molecule has 2 rings (SSSR count). The maximum atomic E-state index is 11.5. The Morgan fingerprint density at radius 1 is 1.53 bits per heavy atom. The van der Waals surface area contributed by atoms with Crippen LogP contribution in [-0.2, 0) is 6.54 Å². The summed E-state index contributed by atoms with van der Waals surface area (Å²) in [6, 6.07) is 3.00. The molecule has 0 radical (unpaired) electrons. The topological polar surface area (TPSA) is 51.1 Å². The maximum absolute atomic E-state index is 11.5. The first-order valence-electron chi connectivity index (χ1n) is 5.16. The Bertz CT molecular complexity index is 405. The SMILES string of the molecule is O=Cc1ccc(=O)n(CC2CCNC2)c1. The van der Waals surface area contributed by atoms with Gasteiger partial charge >= 0.3 is 0 Å². The van der Waals surface area contributed by atoms with Gasteiger partial charge in [-0.15, -0.1) is 0 Å². The third kappa shape index (κ3) is 2.33. The molecule has 1 unspecified atom stereocenters.